The van der Waals surface area contributed by atoms with Crippen molar-refractivity contribution in [3.8, 4) is 0 Å². The van der Waals surface area contributed by atoms with Crippen molar-refractivity contribution < 1.29 is 9.59 Å². The maximum atomic E-state index is 13.3. The average molecular weight is 501 g/mol. The third-order valence-electron chi connectivity index (χ3n) is 5.04. The molecule has 0 aliphatic carbocycles. The van der Waals surface area contributed by atoms with Gasteiger partial charge in [0.05, 0.1) is 0 Å². The van der Waals surface area contributed by atoms with Crippen molar-refractivity contribution in [2.24, 2.45) is 0 Å². The molecule has 0 aliphatic rings. The molecular weight excluding hydrogens is 483 g/mol. The summed E-state index contributed by atoms with van der Waals surface area (Å²) in [4.78, 5) is 43.9. The molecule has 0 fully saturated rings. The zero-order valence-electron chi connectivity index (χ0n) is 17.8. The van der Waals surface area contributed by atoms with Gasteiger partial charge < -0.3 is 10.6 Å². The number of halogens is 2. The highest BCUT2D eigenvalue weighted by atomic mass is 35.5. The van der Waals surface area contributed by atoms with Crippen LogP contribution in [-0.2, 0) is 0 Å². The van der Waals surface area contributed by atoms with E-state index < -0.39 is 17.4 Å². The third kappa shape index (κ3) is 4.64. The van der Waals surface area contributed by atoms with Crippen molar-refractivity contribution in [2.45, 2.75) is 20.8 Å². The quantitative estimate of drug-likeness (QED) is 0.387. The number of nitrogens with one attached hydrogen (secondary N) is 2. The second-order valence-corrected chi connectivity index (χ2v) is 9.30. The molecule has 2 aromatic carbocycles. The van der Waals surface area contributed by atoms with E-state index in [4.69, 9.17) is 23.2 Å². The number of benzene rings is 2. The number of anilines is 2. The Bertz CT molecular complexity index is 1470. The molecule has 2 heterocycles. The van der Waals surface area contributed by atoms with Crippen molar-refractivity contribution in [1.82, 2.24) is 9.38 Å². The Balaban J connectivity index is 1.82. The van der Waals surface area contributed by atoms with E-state index in [1.807, 2.05) is 26.0 Å². The highest BCUT2D eigenvalue weighted by molar-refractivity contribution is 7.19. The van der Waals surface area contributed by atoms with Gasteiger partial charge in [-0.05, 0) is 56.2 Å². The van der Waals surface area contributed by atoms with Crippen molar-refractivity contribution in [2.75, 3.05) is 10.6 Å². The van der Waals surface area contributed by atoms with Crippen LogP contribution in [0.15, 0.2) is 47.3 Å². The summed E-state index contributed by atoms with van der Waals surface area (Å²) in [5, 5.41) is 6.17. The zero-order valence-corrected chi connectivity index (χ0v) is 20.2. The van der Waals surface area contributed by atoms with Gasteiger partial charge in [-0.15, -0.1) is 0 Å². The predicted octanol–water partition coefficient (Wildman–Crippen LogP) is 5.49. The van der Waals surface area contributed by atoms with Gasteiger partial charge in [-0.1, -0.05) is 46.7 Å². The van der Waals surface area contributed by atoms with Crippen LogP contribution >= 0.6 is 34.5 Å². The SMILES string of the molecule is Cc1cc(=O)n2c(C(=O)Nc3cc(Cl)cc(Cl)c3)c(C(=O)Nc3cccc(C)c3C)sc2n1. The molecule has 2 aromatic heterocycles. The molecule has 4 rings (SSSR count). The summed E-state index contributed by atoms with van der Waals surface area (Å²) >= 11 is 13.0. The van der Waals surface area contributed by atoms with E-state index in [1.165, 1.54) is 24.3 Å². The van der Waals surface area contributed by atoms with Gasteiger partial charge in [0.15, 0.2) is 4.96 Å². The fourth-order valence-electron chi connectivity index (χ4n) is 3.33. The summed E-state index contributed by atoms with van der Waals surface area (Å²) in [6.07, 6.45) is 0. The van der Waals surface area contributed by atoms with E-state index in [0.717, 1.165) is 26.9 Å². The molecular formula is C23H18Cl2N4O3S. The summed E-state index contributed by atoms with van der Waals surface area (Å²) < 4.78 is 1.14. The van der Waals surface area contributed by atoms with Gasteiger partial charge in [-0.25, -0.2) is 9.38 Å². The number of thiazole rings is 1. The van der Waals surface area contributed by atoms with E-state index in [1.54, 1.807) is 13.0 Å². The standard InChI is InChI=1S/C23H18Cl2N4O3S/c1-11-5-4-6-17(13(11)3)28-22(32)20-19(29-18(30)7-12(2)26-23(29)33-20)21(31)27-16-9-14(24)8-15(25)10-16/h4-10H,1-3H3,(H,27,31)(H,28,32). The van der Waals surface area contributed by atoms with E-state index in [2.05, 4.69) is 15.6 Å². The Labute approximate surface area is 203 Å². The summed E-state index contributed by atoms with van der Waals surface area (Å²) in [5.41, 5.74) is 2.75. The Morgan fingerprint density at radius 3 is 2.36 bits per heavy atom. The molecule has 0 saturated heterocycles. The summed E-state index contributed by atoms with van der Waals surface area (Å²) in [6, 6.07) is 11.4. The van der Waals surface area contributed by atoms with Crippen molar-refractivity contribution in [3.63, 3.8) is 0 Å². The maximum Gasteiger partial charge on any atom is 0.274 e. The first kappa shape index (κ1) is 23.0. The molecule has 0 unspecified atom stereocenters. The fourth-order valence-corrected chi connectivity index (χ4v) is 4.92. The molecule has 10 heteroatoms. The van der Waals surface area contributed by atoms with Gasteiger partial charge in [0.2, 0.25) is 0 Å². The summed E-state index contributed by atoms with van der Waals surface area (Å²) in [6.45, 7) is 5.50. The Kier molecular flexibility index (Phi) is 6.25. The van der Waals surface area contributed by atoms with E-state index in [9.17, 15) is 14.4 Å². The van der Waals surface area contributed by atoms with Gasteiger partial charge in [0.1, 0.15) is 10.6 Å². The Hall–Kier alpha value is -3.20. The highest BCUT2D eigenvalue weighted by Gasteiger charge is 2.26. The number of amides is 2. The first-order valence-electron chi connectivity index (χ1n) is 9.82. The van der Waals surface area contributed by atoms with Gasteiger partial charge >= 0.3 is 0 Å². The topological polar surface area (TPSA) is 92.6 Å². The summed E-state index contributed by atoms with van der Waals surface area (Å²) in [5.74, 6) is -1.19. The van der Waals surface area contributed by atoms with E-state index >= 15 is 0 Å². The molecule has 0 aliphatic heterocycles. The second-order valence-electron chi connectivity index (χ2n) is 7.45. The monoisotopic (exact) mass is 500 g/mol. The highest BCUT2D eigenvalue weighted by Crippen LogP contribution is 2.27. The number of rotatable bonds is 4. The van der Waals surface area contributed by atoms with Crippen LogP contribution < -0.4 is 16.2 Å². The van der Waals surface area contributed by atoms with Gasteiger partial charge in [0.25, 0.3) is 17.4 Å². The lowest BCUT2D eigenvalue weighted by Crippen LogP contribution is -2.25. The fraction of sp³-hybridized carbons (Fsp3) is 0.130. The van der Waals surface area contributed by atoms with Crippen LogP contribution in [0.4, 0.5) is 11.4 Å². The summed E-state index contributed by atoms with van der Waals surface area (Å²) in [7, 11) is 0. The number of carbonyl (C=O) groups is 2. The van der Waals surface area contributed by atoms with Crippen LogP contribution in [0.3, 0.4) is 0 Å². The lowest BCUT2D eigenvalue weighted by molar-refractivity contribution is 0.0989. The molecule has 7 nitrogen and oxygen atoms in total. The average Bonchev–Trinajstić information content (AvgIpc) is 3.10. The molecule has 2 amide bonds. The van der Waals surface area contributed by atoms with Gasteiger partial charge in [-0.2, -0.15) is 0 Å². The normalized spacial score (nSPS) is 10.9. The zero-order chi connectivity index (χ0) is 23.9. The van der Waals surface area contributed by atoms with Gasteiger partial charge in [0, 0.05) is 33.2 Å². The largest absolute Gasteiger partial charge is 0.321 e. The molecule has 0 atom stereocenters. The molecule has 0 spiro atoms. The first-order chi connectivity index (χ1) is 15.6. The van der Waals surface area contributed by atoms with E-state index in [-0.39, 0.29) is 15.5 Å². The number of nitrogens with zero attached hydrogens (tertiary/aromatic N) is 2. The van der Waals surface area contributed by atoms with Crippen molar-refractivity contribution in [1.29, 1.82) is 0 Å². The van der Waals surface area contributed by atoms with Crippen LogP contribution in [0.2, 0.25) is 10.0 Å². The van der Waals surface area contributed by atoms with Crippen LogP contribution in [0.1, 0.15) is 37.0 Å². The Morgan fingerprint density at radius 1 is 0.970 bits per heavy atom. The number of hydrogen-bond acceptors (Lipinski definition) is 5. The molecule has 2 N–H and O–H groups in total. The van der Waals surface area contributed by atoms with Crippen LogP contribution in [-0.4, -0.2) is 21.2 Å². The first-order valence-corrected chi connectivity index (χ1v) is 11.4. The number of fused-ring (bicyclic) bond motifs is 1. The number of hydrogen-bond donors (Lipinski definition) is 2. The minimum absolute atomic E-state index is 0.0525. The Morgan fingerprint density at radius 2 is 1.67 bits per heavy atom. The predicted molar refractivity (Wildman–Crippen MR) is 132 cm³/mol. The van der Waals surface area contributed by atoms with Crippen molar-refractivity contribution in [3.05, 3.63) is 90.3 Å². The molecule has 168 valence electrons. The second kappa shape index (κ2) is 8.97. The van der Waals surface area contributed by atoms with Gasteiger partial charge in [-0.3, -0.25) is 14.4 Å². The lowest BCUT2D eigenvalue weighted by atomic mass is 10.1. The smallest absolute Gasteiger partial charge is 0.274 e. The van der Waals surface area contributed by atoms with Crippen LogP contribution in [0.25, 0.3) is 4.96 Å². The van der Waals surface area contributed by atoms with Crippen molar-refractivity contribution >= 4 is 62.7 Å². The minimum atomic E-state index is -0.668. The lowest BCUT2D eigenvalue weighted by Gasteiger charge is -2.11. The molecule has 0 radical (unpaired) electrons. The van der Waals surface area contributed by atoms with Crippen LogP contribution in [0, 0.1) is 20.8 Å². The minimum Gasteiger partial charge on any atom is -0.321 e. The molecule has 33 heavy (non-hydrogen) atoms. The number of aryl methyl sites for hydroxylation is 2. The molecule has 4 aromatic rings. The number of carbonyl (C=O) groups excluding carboxylic acids is 2. The third-order valence-corrected chi connectivity index (χ3v) is 6.52. The van der Waals surface area contributed by atoms with E-state index in [0.29, 0.717) is 27.1 Å². The molecule has 0 saturated carbocycles. The molecule has 0 bridgehead atoms. The van der Waals surface area contributed by atoms with Crippen LogP contribution in [0.5, 0.6) is 0 Å². The number of aromatic nitrogens is 2. The maximum absolute atomic E-state index is 13.3.